The zero-order valence-corrected chi connectivity index (χ0v) is 6.37. The van der Waals surface area contributed by atoms with Crippen molar-refractivity contribution in [1.29, 1.82) is 0 Å². The Labute approximate surface area is 66.2 Å². The first-order valence-electron chi connectivity index (χ1n) is 3.47. The number of hydrogen-bond donors (Lipinski definition) is 0. The van der Waals surface area contributed by atoms with Crippen molar-refractivity contribution in [3.63, 3.8) is 0 Å². The molecule has 0 radical (unpaired) electrons. The quantitative estimate of drug-likeness (QED) is 0.560. The van der Waals surface area contributed by atoms with Crippen LogP contribution in [0, 0.1) is 12.0 Å². The molecule has 0 unspecified atom stereocenters. The van der Waals surface area contributed by atoms with Crippen LogP contribution in [0.5, 0.6) is 0 Å². The van der Waals surface area contributed by atoms with Crippen LogP contribution in [0.25, 0.3) is 0 Å². The molecule has 1 heterocycles. The van der Waals surface area contributed by atoms with Gasteiger partial charge in [-0.3, -0.25) is 0 Å². The van der Waals surface area contributed by atoms with Crippen LogP contribution < -0.4 is 0 Å². The number of aromatic nitrogens is 1. The minimum Gasteiger partial charge on any atom is -0.447 e. The topological polar surface area (TPSA) is 22.1 Å². The molecule has 1 aromatic heterocycles. The second-order valence-electron chi connectivity index (χ2n) is 1.88. The SMILES string of the molecule is CCOC#Cc1ccccn1. The molecule has 0 aliphatic rings. The highest BCUT2D eigenvalue weighted by molar-refractivity contribution is 5.24. The number of pyridine rings is 1. The van der Waals surface area contributed by atoms with Crippen molar-refractivity contribution in [2.24, 2.45) is 0 Å². The Hall–Kier alpha value is -1.49. The van der Waals surface area contributed by atoms with Crippen molar-refractivity contribution in [2.75, 3.05) is 6.61 Å². The van der Waals surface area contributed by atoms with Crippen LogP contribution in [0.4, 0.5) is 0 Å². The van der Waals surface area contributed by atoms with Gasteiger partial charge < -0.3 is 4.74 Å². The predicted molar refractivity (Wildman–Crippen MR) is 42.7 cm³/mol. The molecule has 2 heteroatoms. The predicted octanol–water partition coefficient (Wildman–Crippen LogP) is 1.43. The van der Waals surface area contributed by atoms with Gasteiger partial charge in [-0.1, -0.05) is 6.07 Å². The summed E-state index contributed by atoms with van der Waals surface area (Å²) in [7, 11) is 0. The van der Waals surface area contributed by atoms with E-state index in [1.807, 2.05) is 25.1 Å². The largest absolute Gasteiger partial charge is 0.447 e. The number of rotatable bonds is 1. The van der Waals surface area contributed by atoms with Gasteiger partial charge in [0.05, 0.1) is 6.61 Å². The summed E-state index contributed by atoms with van der Waals surface area (Å²) in [5.41, 5.74) is 0.737. The highest BCUT2D eigenvalue weighted by Crippen LogP contribution is 1.88. The van der Waals surface area contributed by atoms with Gasteiger partial charge in [0.25, 0.3) is 0 Å². The third-order valence-corrected chi connectivity index (χ3v) is 1.06. The highest BCUT2D eigenvalue weighted by atomic mass is 16.5. The first-order valence-corrected chi connectivity index (χ1v) is 3.47. The van der Waals surface area contributed by atoms with Gasteiger partial charge in [-0.15, -0.1) is 0 Å². The molecule has 0 aliphatic heterocycles. The molecule has 0 saturated heterocycles. The van der Waals surface area contributed by atoms with Crippen molar-refractivity contribution in [3.05, 3.63) is 30.1 Å². The van der Waals surface area contributed by atoms with Crippen LogP contribution in [-0.2, 0) is 4.74 Å². The minimum absolute atomic E-state index is 0.611. The molecule has 0 spiro atoms. The fourth-order valence-corrected chi connectivity index (χ4v) is 0.597. The fraction of sp³-hybridized carbons (Fsp3) is 0.222. The van der Waals surface area contributed by atoms with Gasteiger partial charge in [0, 0.05) is 6.20 Å². The molecule has 2 nitrogen and oxygen atoms in total. The van der Waals surface area contributed by atoms with Crippen LogP contribution in [0.2, 0.25) is 0 Å². The molecule has 56 valence electrons. The maximum atomic E-state index is 4.84. The van der Waals surface area contributed by atoms with Crippen molar-refractivity contribution < 1.29 is 4.74 Å². The van der Waals surface area contributed by atoms with E-state index < -0.39 is 0 Å². The summed E-state index contributed by atoms with van der Waals surface area (Å²) in [4.78, 5) is 4.00. The molecule has 0 fully saturated rings. The molecular formula is C9H9NO. The van der Waals surface area contributed by atoms with Crippen molar-refractivity contribution in [3.8, 4) is 12.0 Å². The third-order valence-electron chi connectivity index (χ3n) is 1.06. The van der Waals surface area contributed by atoms with E-state index in [1.165, 1.54) is 0 Å². The van der Waals surface area contributed by atoms with Crippen LogP contribution in [0.3, 0.4) is 0 Å². The Morgan fingerprint density at radius 3 is 3.09 bits per heavy atom. The number of hydrogen-bond acceptors (Lipinski definition) is 2. The van der Waals surface area contributed by atoms with Crippen LogP contribution in [-0.4, -0.2) is 11.6 Å². The highest BCUT2D eigenvalue weighted by Gasteiger charge is 1.81. The lowest BCUT2D eigenvalue weighted by Crippen LogP contribution is -1.81. The van der Waals surface area contributed by atoms with Gasteiger partial charge in [-0.05, 0) is 25.0 Å². The molecule has 11 heavy (non-hydrogen) atoms. The average molecular weight is 147 g/mol. The van der Waals surface area contributed by atoms with Crippen molar-refractivity contribution in [1.82, 2.24) is 4.98 Å². The Bertz CT molecular complexity index is 258. The van der Waals surface area contributed by atoms with Gasteiger partial charge in [0.2, 0.25) is 0 Å². The molecule has 0 bridgehead atoms. The summed E-state index contributed by atoms with van der Waals surface area (Å²) in [6.45, 7) is 2.51. The lowest BCUT2D eigenvalue weighted by Gasteiger charge is -1.86. The Morgan fingerprint density at radius 1 is 1.55 bits per heavy atom. The minimum atomic E-state index is 0.611. The van der Waals surface area contributed by atoms with Crippen molar-refractivity contribution >= 4 is 0 Å². The number of ether oxygens (including phenoxy) is 1. The standard InChI is InChI=1S/C9H9NO/c1-2-11-8-6-9-5-3-4-7-10-9/h3-5,7H,2H2,1H3. The smallest absolute Gasteiger partial charge is 0.117 e. The van der Waals surface area contributed by atoms with Gasteiger partial charge in [0.15, 0.2) is 0 Å². The molecule has 0 saturated carbocycles. The molecule has 0 atom stereocenters. The lowest BCUT2D eigenvalue weighted by atomic mass is 10.4. The second kappa shape index (κ2) is 4.35. The Balaban J connectivity index is 2.59. The first-order chi connectivity index (χ1) is 5.43. The molecule has 0 N–H and O–H groups in total. The van der Waals surface area contributed by atoms with Crippen molar-refractivity contribution in [2.45, 2.75) is 6.92 Å². The van der Waals surface area contributed by atoms with Crippen LogP contribution in [0.15, 0.2) is 24.4 Å². The van der Waals surface area contributed by atoms with E-state index in [2.05, 4.69) is 17.0 Å². The summed E-state index contributed by atoms with van der Waals surface area (Å²) < 4.78 is 4.84. The monoisotopic (exact) mass is 147 g/mol. The second-order valence-corrected chi connectivity index (χ2v) is 1.88. The summed E-state index contributed by atoms with van der Waals surface area (Å²) in [5.74, 6) is 2.76. The molecule has 0 aromatic carbocycles. The lowest BCUT2D eigenvalue weighted by molar-refractivity contribution is 0.299. The molecule has 0 amide bonds. The van der Waals surface area contributed by atoms with E-state index in [0.29, 0.717) is 6.61 Å². The van der Waals surface area contributed by atoms with Gasteiger partial charge >= 0.3 is 0 Å². The molecule has 0 aliphatic carbocycles. The maximum absolute atomic E-state index is 4.84. The van der Waals surface area contributed by atoms with E-state index in [0.717, 1.165) is 5.69 Å². The van der Waals surface area contributed by atoms with E-state index in [-0.39, 0.29) is 0 Å². The van der Waals surface area contributed by atoms with E-state index in [4.69, 9.17) is 4.74 Å². The molecule has 1 aromatic rings. The summed E-state index contributed by atoms with van der Waals surface area (Å²) in [6.07, 6.45) is 4.24. The fourth-order valence-electron chi connectivity index (χ4n) is 0.597. The summed E-state index contributed by atoms with van der Waals surface area (Å²) >= 11 is 0. The third kappa shape index (κ3) is 2.72. The van der Waals surface area contributed by atoms with E-state index in [1.54, 1.807) is 6.20 Å². The van der Waals surface area contributed by atoms with Gasteiger partial charge in [0.1, 0.15) is 11.8 Å². The maximum Gasteiger partial charge on any atom is 0.117 e. The van der Waals surface area contributed by atoms with Crippen LogP contribution >= 0.6 is 0 Å². The first kappa shape index (κ1) is 7.62. The Morgan fingerprint density at radius 2 is 2.45 bits per heavy atom. The normalized spacial score (nSPS) is 8.09. The summed E-state index contributed by atoms with van der Waals surface area (Å²) in [5, 5.41) is 0. The Kier molecular flexibility index (Phi) is 3.01. The van der Waals surface area contributed by atoms with Gasteiger partial charge in [-0.2, -0.15) is 0 Å². The average Bonchev–Trinajstić information content (AvgIpc) is 2.07. The summed E-state index contributed by atoms with van der Waals surface area (Å²) in [6, 6.07) is 5.58. The zero-order chi connectivity index (χ0) is 7.94. The van der Waals surface area contributed by atoms with E-state index in [9.17, 15) is 0 Å². The number of nitrogens with zero attached hydrogens (tertiary/aromatic N) is 1. The zero-order valence-electron chi connectivity index (χ0n) is 6.37. The van der Waals surface area contributed by atoms with Crippen LogP contribution in [0.1, 0.15) is 12.6 Å². The molecule has 1 rings (SSSR count). The van der Waals surface area contributed by atoms with Gasteiger partial charge in [-0.25, -0.2) is 4.98 Å². The van der Waals surface area contributed by atoms with E-state index >= 15 is 0 Å². The molecular weight excluding hydrogens is 138 g/mol.